The van der Waals surface area contributed by atoms with Crippen molar-refractivity contribution in [2.75, 3.05) is 6.54 Å². The van der Waals surface area contributed by atoms with Gasteiger partial charge in [-0.05, 0) is 24.3 Å². The summed E-state index contributed by atoms with van der Waals surface area (Å²) in [6.07, 6.45) is 3.15. The molecule has 1 aliphatic rings. The van der Waals surface area contributed by atoms with Gasteiger partial charge in [-0.25, -0.2) is 4.79 Å². The van der Waals surface area contributed by atoms with E-state index >= 15 is 0 Å². The summed E-state index contributed by atoms with van der Waals surface area (Å²) in [5.41, 5.74) is 1.35. The van der Waals surface area contributed by atoms with Crippen LogP contribution in [0.4, 0.5) is 0 Å². The number of hydrogen-bond acceptors (Lipinski definition) is 6. The molecule has 3 aromatic rings. The molecule has 1 aliphatic heterocycles. The van der Waals surface area contributed by atoms with Crippen LogP contribution in [0, 0.1) is 0 Å². The fourth-order valence-electron chi connectivity index (χ4n) is 2.81. The third kappa shape index (κ3) is 2.44. The molecule has 25 heavy (non-hydrogen) atoms. The van der Waals surface area contributed by atoms with Crippen LogP contribution in [-0.2, 0) is 6.54 Å². The van der Waals surface area contributed by atoms with E-state index in [0.717, 1.165) is 4.90 Å². The quantitative estimate of drug-likeness (QED) is 0.664. The van der Waals surface area contributed by atoms with E-state index in [9.17, 15) is 14.4 Å². The predicted molar refractivity (Wildman–Crippen MR) is 85.8 cm³/mol. The van der Waals surface area contributed by atoms with Gasteiger partial charge in [0, 0.05) is 31.0 Å². The van der Waals surface area contributed by atoms with Crippen molar-refractivity contribution in [2.45, 2.75) is 6.54 Å². The summed E-state index contributed by atoms with van der Waals surface area (Å²) < 4.78 is 6.00. The molecule has 0 saturated carbocycles. The number of nitrogens with zero attached hydrogens (tertiary/aromatic N) is 4. The molecule has 8 heteroatoms. The minimum atomic E-state index is -0.657. The van der Waals surface area contributed by atoms with Gasteiger partial charge in [0.05, 0.1) is 11.1 Å². The van der Waals surface area contributed by atoms with Crippen LogP contribution in [0.25, 0.3) is 11.4 Å². The Labute approximate surface area is 141 Å². The zero-order valence-corrected chi connectivity index (χ0v) is 13.0. The van der Waals surface area contributed by atoms with Crippen LogP contribution in [0.3, 0.4) is 0 Å². The molecule has 0 radical (unpaired) electrons. The summed E-state index contributed by atoms with van der Waals surface area (Å²) in [5, 5.41) is 3.76. The summed E-state index contributed by atoms with van der Waals surface area (Å²) in [5.74, 6) is -1.09. The maximum absolute atomic E-state index is 12.4. The number of carbonyl (C=O) groups excluding carboxylic acids is 2. The summed E-state index contributed by atoms with van der Waals surface area (Å²) in [6.45, 7) is 0.124. The number of carbonyl (C=O) groups is 2. The summed E-state index contributed by atoms with van der Waals surface area (Å²) in [6, 6.07) is 10.1. The number of aromatic nitrogens is 3. The van der Waals surface area contributed by atoms with Crippen LogP contribution >= 0.6 is 0 Å². The van der Waals surface area contributed by atoms with Crippen LogP contribution in [0.15, 0.2) is 58.1 Å². The van der Waals surface area contributed by atoms with Gasteiger partial charge in [0.25, 0.3) is 11.8 Å². The Bertz CT molecular complexity index is 987. The van der Waals surface area contributed by atoms with Crippen molar-refractivity contribution in [3.63, 3.8) is 0 Å². The lowest BCUT2D eigenvalue weighted by molar-refractivity contribution is 0.0648. The highest BCUT2D eigenvalue weighted by Crippen LogP contribution is 2.22. The summed E-state index contributed by atoms with van der Waals surface area (Å²) >= 11 is 0. The van der Waals surface area contributed by atoms with E-state index in [0.29, 0.717) is 22.5 Å². The normalized spacial score (nSPS) is 13.4. The van der Waals surface area contributed by atoms with E-state index in [-0.39, 0.29) is 24.9 Å². The highest BCUT2D eigenvalue weighted by molar-refractivity contribution is 6.21. The SMILES string of the molecule is O=C1c2ccccc2C(=O)N1CCn1c(-c2cccnc2)noc1=O. The molecule has 0 unspecified atom stereocenters. The third-order valence-electron chi connectivity index (χ3n) is 4.03. The lowest BCUT2D eigenvalue weighted by Crippen LogP contribution is -2.34. The Morgan fingerprint density at radius 2 is 1.64 bits per heavy atom. The van der Waals surface area contributed by atoms with Gasteiger partial charge in [-0.2, -0.15) is 0 Å². The standard InChI is InChI=1S/C17H12N4O4/c22-15-12-5-1-2-6-13(12)16(23)21(15)9-8-20-14(19-25-17(20)24)11-4-3-7-18-10-11/h1-7,10H,8-9H2. The third-order valence-corrected chi connectivity index (χ3v) is 4.03. The molecular formula is C17H12N4O4. The summed E-state index contributed by atoms with van der Waals surface area (Å²) in [7, 11) is 0. The van der Waals surface area contributed by atoms with Crippen LogP contribution in [0.1, 0.15) is 20.7 Å². The molecule has 4 rings (SSSR count). The largest absolute Gasteiger partial charge is 0.441 e. The lowest BCUT2D eigenvalue weighted by Gasteiger charge is -2.14. The molecule has 8 nitrogen and oxygen atoms in total. The number of fused-ring (bicyclic) bond motifs is 1. The van der Waals surface area contributed by atoms with E-state index in [2.05, 4.69) is 10.1 Å². The van der Waals surface area contributed by atoms with Gasteiger partial charge in [-0.15, -0.1) is 0 Å². The van der Waals surface area contributed by atoms with E-state index < -0.39 is 5.76 Å². The molecule has 0 bridgehead atoms. The first-order valence-electron chi connectivity index (χ1n) is 7.59. The molecule has 0 fully saturated rings. The Kier molecular flexibility index (Phi) is 3.50. The average molecular weight is 336 g/mol. The van der Waals surface area contributed by atoms with Gasteiger partial charge in [0.1, 0.15) is 0 Å². The van der Waals surface area contributed by atoms with Gasteiger partial charge in [-0.3, -0.25) is 28.6 Å². The number of amides is 2. The number of benzene rings is 1. The van der Waals surface area contributed by atoms with Gasteiger partial charge < -0.3 is 0 Å². The average Bonchev–Trinajstić information content (AvgIpc) is 3.13. The minimum absolute atomic E-state index is 0.0424. The van der Waals surface area contributed by atoms with Crippen molar-refractivity contribution < 1.29 is 14.1 Å². The zero-order chi connectivity index (χ0) is 17.4. The summed E-state index contributed by atoms with van der Waals surface area (Å²) in [4.78, 5) is 41.8. The van der Waals surface area contributed by atoms with Crippen molar-refractivity contribution >= 4 is 11.8 Å². The fraction of sp³-hybridized carbons (Fsp3) is 0.118. The highest BCUT2D eigenvalue weighted by Gasteiger charge is 2.35. The van der Waals surface area contributed by atoms with Crippen LogP contribution in [-0.4, -0.2) is 38.0 Å². The van der Waals surface area contributed by atoms with Crippen molar-refractivity contribution in [2.24, 2.45) is 0 Å². The number of imide groups is 1. The Morgan fingerprint density at radius 1 is 0.920 bits per heavy atom. The first-order chi connectivity index (χ1) is 12.2. The van der Waals surface area contributed by atoms with Crippen LogP contribution < -0.4 is 5.76 Å². The van der Waals surface area contributed by atoms with Crippen LogP contribution in [0.2, 0.25) is 0 Å². The first-order valence-corrected chi connectivity index (χ1v) is 7.59. The lowest BCUT2D eigenvalue weighted by atomic mass is 10.1. The highest BCUT2D eigenvalue weighted by atomic mass is 16.5. The number of rotatable bonds is 4. The van der Waals surface area contributed by atoms with Gasteiger partial charge in [0.15, 0.2) is 5.82 Å². The number of hydrogen-bond donors (Lipinski definition) is 0. The molecule has 3 heterocycles. The monoisotopic (exact) mass is 336 g/mol. The van der Waals surface area contributed by atoms with Gasteiger partial charge in [-0.1, -0.05) is 17.3 Å². The minimum Gasteiger partial charge on any atom is -0.295 e. The molecule has 0 N–H and O–H groups in total. The maximum Gasteiger partial charge on any atom is 0.441 e. The molecule has 1 aromatic carbocycles. The Hall–Kier alpha value is -3.55. The Balaban J connectivity index is 1.60. The van der Waals surface area contributed by atoms with Crippen LogP contribution in [0.5, 0.6) is 0 Å². The number of pyridine rings is 1. The van der Waals surface area contributed by atoms with E-state index in [4.69, 9.17) is 4.52 Å². The molecule has 0 spiro atoms. The molecule has 2 aromatic heterocycles. The van der Waals surface area contributed by atoms with Crippen molar-refractivity contribution in [3.8, 4) is 11.4 Å². The molecule has 0 aliphatic carbocycles. The van der Waals surface area contributed by atoms with E-state index in [1.807, 2.05) is 0 Å². The molecule has 124 valence electrons. The second-order valence-corrected chi connectivity index (χ2v) is 5.47. The molecule has 2 amide bonds. The van der Waals surface area contributed by atoms with E-state index in [1.54, 1.807) is 48.8 Å². The predicted octanol–water partition coefficient (Wildman–Crippen LogP) is 1.19. The first kappa shape index (κ1) is 15.0. The molecule has 0 atom stereocenters. The zero-order valence-electron chi connectivity index (χ0n) is 13.0. The van der Waals surface area contributed by atoms with E-state index in [1.165, 1.54) is 4.57 Å². The second-order valence-electron chi connectivity index (χ2n) is 5.47. The second kappa shape index (κ2) is 5.82. The van der Waals surface area contributed by atoms with Crippen molar-refractivity contribution in [1.29, 1.82) is 0 Å². The van der Waals surface area contributed by atoms with Crippen molar-refractivity contribution in [1.82, 2.24) is 19.6 Å². The topological polar surface area (TPSA) is 98.3 Å². The van der Waals surface area contributed by atoms with Gasteiger partial charge >= 0.3 is 5.76 Å². The maximum atomic E-state index is 12.4. The smallest absolute Gasteiger partial charge is 0.295 e. The van der Waals surface area contributed by atoms with Gasteiger partial charge in [0.2, 0.25) is 0 Å². The molecule has 0 saturated heterocycles. The molecular weight excluding hydrogens is 324 g/mol. The fourth-order valence-corrected chi connectivity index (χ4v) is 2.81. The Morgan fingerprint density at radius 3 is 2.28 bits per heavy atom. The van der Waals surface area contributed by atoms with Crippen molar-refractivity contribution in [3.05, 3.63) is 70.5 Å².